The van der Waals surface area contributed by atoms with Crippen LogP contribution in [0, 0.1) is 0 Å². The molecule has 2 heterocycles. The molecule has 0 atom stereocenters. The Morgan fingerprint density at radius 2 is 2.32 bits per heavy atom. The highest BCUT2D eigenvalue weighted by Gasteiger charge is 2.21. The van der Waals surface area contributed by atoms with Gasteiger partial charge in [0.1, 0.15) is 0 Å². The fourth-order valence-electron chi connectivity index (χ4n) is 2.63. The number of benzene rings is 1. The second-order valence-corrected chi connectivity index (χ2v) is 5.39. The van der Waals surface area contributed by atoms with Crippen LogP contribution in [0.25, 0.3) is 0 Å². The molecule has 0 saturated carbocycles. The molecule has 0 aliphatic carbocycles. The summed E-state index contributed by atoms with van der Waals surface area (Å²) in [7, 11) is 0. The van der Waals surface area contributed by atoms with E-state index in [0.717, 1.165) is 48.6 Å². The zero-order chi connectivity index (χ0) is 15.4. The van der Waals surface area contributed by atoms with Crippen LogP contribution in [0.15, 0.2) is 24.3 Å². The first-order valence-corrected chi connectivity index (χ1v) is 7.65. The molecule has 0 bridgehead atoms. The number of hydrogen-bond donors (Lipinski definition) is 4. The van der Waals surface area contributed by atoms with Crippen LogP contribution < -0.4 is 16.0 Å². The number of amides is 1. The lowest BCUT2D eigenvalue weighted by molar-refractivity contribution is 0.102. The number of aromatic amines is 1. The molecule has 3 rings (SSSR count). The number of nitrogens with one attached hydrogen (secondary N) is 4. The quantitative estimate of drug-likeness (QED) is 0.673. The molecule has 0 fully saturated rings. The number of carbonyl (C=O) groups is 1. The van der Waals surface area contributed by atoms with Gasteiger partial charge in [-0.05, 0) is 24.2 Å². The van der Waals surface area contributed by atoms with Crippen molar-refractivity contribution in [2.75, 3.05) is 18.4 Å². The molecule has 0 spiro atoms. The van der Waals surface area contributed by atoms with E-state index in [-0.39, 0.29) is 5.91 Å². The average molecular weight is 299 g/mol. The van der Waals surface area contributed by atoms with Crippen LogP contribution in [-0.4, -0.2) is 29.2 Å². The predicted molar refractivity (Wildman–Crippen MR) is 85.8 cm³/mol. The fraction of sp³-hybridized carbons (Fsp3) is 0.375. The van der Waals surface area contributed by atoms with Gasteiger partial charge in [0, 0.05) is 43.0 Å². The standard InChI is InChI=1S/C16H21N5O/c1-2-17-9-11-4-3-5-12(8-11)19-16(22)15-13-10-18-7-6-14(13)20-21-15/h3-5,8,17-18H,2,6-7,9-10H2,1H3,(H,19,22)(H,20,21). The lowest BCUT2D eigenvalue weighted by Gasteiger charge is -2.13. The molecule has 1 aliphatic rings. The highest BCUT2D eigenvalue weighted by Crippen LogP contribution is 2.17. The molecule has 22 heavy (non-hydrogen) atoms. The maximum atomic E-state index is 12.4. The predicted octanol–water partition coefficient (Wildman–Crippen LogP) is 1.42. The summed E-state index contributed by atoms with van der Waals surface area (Å²) in [5, 5.41) is 16.6. The van der Waals surface area contributed by atoms with E-state index in [1.807, 2.05) is 24.3 Å². The normalized spacial score (nSPS) is 13.7. The van der Waals surface area contributed by atoms with Crippen LogP contribution in [0.1, 0.15) is 34.2 Å². The number of anilines is 1. The van der Waals surface area contributed by atoms with E-state index in [1.165, 1.54) is 0 Å². The van der Waals surface area contributed by atoms with Crippen molar-refractivity contribution in [2.45, 2.75) is 26.4 Å². The van der Waals surface area contributed by atoms with Crippen molar-refractivity contribution < 1.29 is 4.79 Å². The van der Waals surface area contributed by atoms with Crippen LogP contribution >= 0.6 is 0 Å². The summed E-state index contributed by atoms with van der Waals surface area (Å²) in [4.78, 5) is 12.4. The third-order valence-electron chi connectivity index (χ3n) is 3.79. The second kappa shape index (κ2) is 6.72. The number of carbonyl (C=O) groups excluding carboxylic acids is 1. The van der Waals surface area contributed by atoms with E-state index in [2.05, 4.69) is 33.1 Å². The highest BCUT2D eigenvalue weighted by molar-refractivity contribution is 6.04. The first-order chi connectivity index (χ1) is 10.8. The molecule has 6 heteroatoms. The third kappa shape index (κ3) is 3.18. The lowest BCUT2D eigenvalue weighted by Crippen LogP contribution is -2.25. The topological polar surface area (TPSA) is 81.8 Å². The van der Waals surface area contributed by atoms with E-state index in [9.17, 15) is 4.79 Å². The van der Waals surface area contributed by atoms with E-state index >= 15 is 0 Å². The number of nitrogens with zero attached hydrogens (tertiary/aromatic N) is 1. The Kier molecular flexibility index (Phi) is 4.50. The zero-order valence-corrected chi connectivity index (χ0v) is 12.7. The first-order valence-electron chi connectivity index (χ1n) is 7.65. The Hall–Kier alpha value is -2.18. The Bertz CT molecular complexity index is 664. The minimum Gasteiger partial charge on any atom is -0.321 e. The summed E-state index contributed by atoms with van der Waals surface area (Å²) >= 11 is 0. The summed E-state index contributed by atoms with van der Waals surface area (Å²) in [5.74, 6) is -0.165. The van der Waals surface area contributed by atoms with Crippen molar-refractivity contribution in [3.63, 3.8) is 0 Å². The minimum atomic E-state index is -0.165. The summed E-state index contributed by atoms with van der Waals surface area (Å²) in [6.45, 7) is 5.39. The van der Waals surface area contributed by atoms with Gasteiger partial charge >= 0.3 is 0 Å². The molecule has 116 valence electrons. The minimum absolute atomic E-state index is 0.165. The van der Waals surface area contributed by atoms with E-state index in [0.29, 0.717) is 12.2 Å². The number of hydrogen-bond acceptors (Lipinski definition) is 4. The Labute approximate surface area is 129 Å². The van der Waals surface area contributed by atoms with Gasteiger partial charge in [-0.15, -0.1) is 0 Å². The summed E-state index contributed by atoms with van der Waals surface area (Å²) in [6, 6.07) is 7.87. The summed E-state index contributed by atoms with van der Waals surface area (Å²) in [6.07, 6.45) is 0.883. The van der Waals surface area contributed by atoms with Crippen molar-refractivity contribution in [3.8, 4) is 0 Å². The van der Waals surface area contributed by atoms with Gasteiger partial charge in [0.25, 0.3) is 5.91 Å². The molecule has 1 aromatic carbocycles. The maximum absolute atomic E-state index is 12.4. The molecular weight excluding hydrogens is 278 g/mol. The highest BCUT2D eigenvalue weighted by atomic mass is 16.1. The van der Waals surface area contributed by atoms with Gasteiger partial charge in [0.05, 0.1) is 0 Å². The SMILES string of the molecule is CCNCc1cccc(NC(=O)c2n[nH]c3c2CNCC3)c1. The number of fused-ring (bicyclic) bond motifs is 1. The molecule has 2 aromatic rings. The van der Waals surface area contributed by atoms with Crippen molar-refractivity contribution >= 4 is 11.6 Å². The Morgan fingerprint density at radius 3 is 3.18 bits per heavy atom. The third-order valence-corrected chi connectivity index (χ3v) is 3.79. The fourth-order valence-corrected chi connectivity index (χ4v) is 2.63. The number of H-pyrrole nitrogens is 1. The van der Waals surface area contributed by atoms with Crippen LogP contribution in [-0.2, 0) is 19.5 Å². The molecule has 1 amide bonds. The van der Waals surface area contributed by atoms with Crippen LogP contribution in [0.5, 0.6) is 0 Å². The van der Waals surface area contributed by atoms with Gasteiger partial charge in [-0.25, -0.2) is 0 Å². The molecular formula is C16H21N5O. The Morgan fingerprint density at radius 1 is 1.41 bits per heavy atom. The van der Waals surface area contributed by atoms with Gasteiger partial charge in [0.15, 0.2) is 5.69 Å². The second-order valence-electron chi connectivity index (χ2n) is 5.39. The molecule has 1 aliphatic heterocycles. The van der Waals surface area contributed by atoms with Crippen molar-refractivity contribution in [2.24, 2.45) is 0 Å². The van der Waals surface area contributed by atoms with E-state index < -0.39 is 0 Å². The average Bonchev–Trinajstić information content (AvgIpc) is 2.97. The molecule has 4 N–H and O–H groups in total. The van der Waals surface area contributed by atoms with Crippen LogP contribution in [0.2, 0.25) is 0 Å². The summed E-state index contributed by atoms with van der Waals surface area (Å²) in [5.41, 5.74) is 4.46. The molecule has 0 radical (unpaired) electrons. The van der Waals surface area contributed by atoms with Gasteiger partial charge in [-0.1, -0.05) is 19.1 Å². The van der Waals surface area contributed by atoms with Crippen molar-refractivity contribution in [1.82, 2.24) is 20.8 Å². The maximum Gasteiger partial charge on any atom is 0.276 e. The lowest BCUT2D eigenvalue weighted by atomic mass is 10.1. The smallest absolute Gasteiger partial charge is 0.276 e. The molecule has 6 nitrogen and oxygen atoms in total. The number of aromatic nitrogens is 2. The van der Waals surface area contributed by atoms with Crippen molar-refractivity contribution in [1.29, 1.82) is 0 Å². The monoisotopic (exact) mass is 299 g/mol. The Balaban J connectivity index is 1.73. The molecule has 0 unspecified atom stereocenters. The van der Waals surface area contributed by atoms with Crippen molar-refractivity contribution in [3.05, 3.63) is 46.8 Å². The van der Waals surface area contributed by atoms with Crippen LogP contribution in [0.4, 0.5) is 5.69 Å². The summed E-state index contributed by atoms with van der Waals surface area (Å²) < 4.78 is 0. The molecule has 0 saturated heterocycles. The van der Waals surface area contributed by atoms with Crippen LogP contribution in [0.3, 0.4) is 0 Å². The van der Waals surface area contributed by atoms with E-state index in [1.54, 1.807) is 0 Å². The number of rotatable bonds is 5. The molecule has 1 aromatic heterocycles. The first kappa shape index (κ1) is 14.7. The van der Waals surface area contributed by atoms with E-state index in [4.69, 9.17) is 0 Å². The van der Waals surface area contributed by atoms with Gasteiger partial charge in [-0.3, -0.25) is 9.89 Å². The largest absolute Gasteiger partial charge is 0.321 e. The van der Waals surface area contributed by atoms with Gasteiger partial charge in [-0.2, -0.15) is 5.10 Å². The van der Waals surface area contributed by atoms with Gasteiger partial charge < -0.3 is 16.0 Å². The van der Waals surface area contributed by atoms with Gasteiger partial charge in [0.2, 0.25) is 0 Å². The zero-order valence-electron chi connectivity index (χ0n) is 12.7.